The van der Waals surface area contributed by atoms with Crippen LogP contribution in [-0.2, 0) is 0 Å². The molecule has 0 fully saturated rings. The highest BCUT2D eigenvalue weighted by Gasteiger charge is 2.15. The molecule has 0 unspecified atom stereocenters. The molecule has 0 atom stereocenters. The van der Waals surface area contributed by atoms with Gasteiger partial charge >= 0.3 is 0 Å². The zero-order chi connectivity index (χ0) is 41.7. The third-order valence-electron chi connectivity index (χ3n) is 10.8. The number of fused-ring (bicyclic) bond motifs is 1. The highest BCUT2D eigenvalue weighted by molar-refractivity contribution is 6.50. The third kappa shape index (κ3) is 7.91. The predicted octanol–water partition coefficient (Wildman–Crippen LogP) is 13.6. The molecule has 1 heterocycles. The van der Waals surface area contributed by atoms with E-state index in [1.165, 1.54) is 0 Å². The lowest BCUT2D eigenvalue weighted by Crippen LogP contribution is -2.12. The maximum atomic E-state index is 8.08. The fourth-order valence-corrected chi connectivity index (χ4v) is 7.60. The average molecular weight is 801 g/mol. The van der Waals surface area contributed by atoms with Gasteiger partial charge in [-0.2, -0.15) is 9.90 Å². The summed E-state index contributed by atoms with van der Waals surface area (Å²) in [7, 11) is 0. The molecule has 0 radical (unpaired) electrons. The normalized spacial score (nSPS) is 12.8. The molecule has 0 saturated carbocycles. The molecule has 1 aliphatic carbocycles. The van der Waals surface area contributed by atoms with Gasteiger partial charge in [-0.1, -0.05) is 109 Å². The number of hydrogen-bond acceptors (Lipinski definition) is 7. The van der Waals surface area contributed by atoms with Crippen LogP contribution in [0.2, 0.25) is 0 Å². The van der Waals surface area contributed by atoms with Crippen molar-refractivity contribution in [1.82, 2.24) is 15.0 Å². The van der Waals surface area contributed by atoms with E-state index >= 15 is 0 Å². The Hall–Kier alpha value is -8.62. The first-order valence-electron chi connectivity index (χ1n) is 20.4. The number of hydrazone groups is 1. The molecule has 8 nitrogen and oxygen atoms in total. The van der Waals surface area contributed by atoms with Crippen LogP contribution < -0.4 is 15.2 Å². The Balaban J connectivity index is 0.860. The summed E-state index contributed by atoms with van der Waals surface area (Å²) in [6, 6.07) is 71.4. The molecule has 0 aliphatic heterocycles. The predicted molar refractivity (Wildman–Crippen MR) is 256 cm³/mol. The number of aromatic nitrogens is 3. The topological polar surface area (TPSA) is 85.4 Å². The van der Waals surface area contributed by atoms with Gasteiger partial charge in [0.1, 0.15) is 16.7 Å². The number of allylic oxidation sites excluding steroid dienone is 4. The van der Waals surface area contributed by atoms with E-state index < -0.39 is 0 Å². The summed E-state index contributed by atoms with van der Waals surface area (Å²) in [4.78, 5) is 6.19. The second-order valence-electron chi connectivity index (χ2n) is 14.8. The van der Waals surface area contributed by atoms with Gasteiger partial charge in [0.05, 0.1) is 17.1 Å². The first kappa shape index (κ1) is 37.6. The number of benzene rings is 8. The molecule has 8 aromatic carbocycles. The smallest absolute Gasteiger partial charge is 0.113 e. The minimum Gasteiger partial charge on any atom is -0.311 e. The summed E-state index contributed by atoms with van der Waals surface area (Å²) in [5.41, 5.74) is 18.4. The first-order valence-corrected chi connectivity index (χ1v) is 20.4. The van der Waals surface area contributed by atoms with E-state index in [0.29, 0.717) is 11.4 Å². The van der Waals surface area contributed by atoms with Gasteiger partial charge in [-0.05, 0) is 144 Å². The van der Waals surface area contributed by atoms with Gasteiger partial charge in [-0.3, -0.25) is 10.8 Å². The van der Waals surface area contributed by atoms with E-state index in [1.807, 2.05) is 66.8 Å². The number of hydrogen-bond donors (Lipinski definition) is 2. The van der Waals surface area contributed by atoms with Crippen LogP contribution in [0.1, 0.15) is 0 Å². The SMILES string of the molecule is N=C1C=CC=C/C1=N/Nc1ccc(N(c2ccccc2)c2ccc(-c3ccc(-c4ccc(N(c5ccccc5)c5ccc(-n6nc7ccccc7n6)cc5)cc4)cc3)cc2)cc1. The van der Waals surface area contributed by atoms with Crippen molar-refractivity contribution in [3.05, 3.63) is 231 Å². The lowest BCUT2D eigenvalue weighted by Gasteiger charge is -2.26. The van der Waals surface area contributed by atoms with Gasteiger partial charge in [0.15, 0.2) is 0 Å². The standard InChI is InChI=1S/C54H40N8/c55-51-15-7-8-16-52(51)57-56-43-27-33-48(34-28-43)60(44-11-3-1-4-12-44)46-29-23-41(24-30-46)39-19-21-40(22-20-39)42-25-31-47(32-26-42)61(45-13-5-2-6-14-45)49-35-37-50(38-36-49)62-58-53-17-9-10-18-54(53)59-62/h1-38,55-56H/b55-51?,57-52-. The lowest BCUT2D eigenvalue weighted by molar-refractivity contribution is 0.766. The highest BCUT2D eigenvalue weighted by Crippen LogP contribution is 2.38. The van der Waals surface area contributed by atoms with Crippen molar-refractivity contribution in [3.63, 3.8) is 0 Å². The number of rotatable bonds is 11. The fraction of sp³-hybridized carbons (Fsp3) is 0. The fourth-order valence-electron chi connectivity index (χ4n) is 7.60. The summed E-state index contributed by atoms with van der Waals surface area (Å²) in [5, 5.41) is 21.8. The monoisotopic (exact) mass is 800 g/mol. The lowest BCUT2D eigenvalue weighted by atomic mass is 9.99. The van der Waals surface area contributed by atoms with E-state index in [4.69, 9.17) is 5.41 Å². The van der Waals surface area contributed by atoms with Crippen molar-refractivity contribution in [1.29, 1.82) is 5.41 Å². The minimum absolute atomic E-state index is 0.376. The largest absolute Gasteiger partial charge is 0.311 e. The average Bonchev–Trinajstić information content (AvgIpc) is 3.78. The van der Waals surface area contributed by atoms with Crippen molar-refractivity contribution in [2.75, 3.05) is 15.2 Å². The Kier molecular flexibility index (Phi) is 10.3. The van der Waals surface area contributed by atoms with Crippen molar-refractivity contribution in [2.45, 2.75) is 0 Å². The zero-order valence-electron chi connectivity index (χ0n) is 33.6. The van der Waals surface area contributed by atoms with E-state index in [2.05, 4.69) is 188 Å². The Morgan fingerprint density at radius 2 is 0.774 bits per heavy atom. The van der Waals surface area contributed by atoms with Crippen LogP contribution in [0.25, 0.3) is 39.0 Å². The van der Waals surface area contributed by atoms with Crippen molar-refractivity contribution < 1.29 is 0 Å². The Bertz CT molecular complexity index is 3030. The number of nitrogens with one attached hydrogen (secondary N) is 2. The molecule has 2 N–H and O–H groups in total. The van der Waals surface area contributed by atoms with Crippen molar-refractivity contribution >= 4 is 62.3 Å². The Labute approximate surface area is 360 Å². The molecule has 0 bridgehead atoms. The second kappa shape index (κ2) is 16.9. The van der Waals surface area contributed by atoms with Gasteiger partial charge in [0, 0.05) is 34.1 Å². The highest BCUT2D eigenvalue weighted by atomic mass is 15.5. The minimum atomic E-state index is 0.376. The van der Waals surface area contributed by atoms with Crippen LogP contribution in [0.3, 0.4) is 0 Å². The van der Waals surface area contributed by atoms with Crippen LogP contribution in [0.4, 0.5) is 39.8 Å². The number of nitrogens with zero attached hydrogens (tertiary/aromatic N) is 6. The molecular weight excluding hydrogens is 761 g/mol. The molecule has 0 saturated heterocycles. The van der Waals surface area contributed by atoms with E-state index in [0.717, 1.165) is 78.8 Å². The zero-order valence-corrected chi connectivity index (χ0v) is 33.6. The number of anilines is 7. The Morgan fingerprint density at radius 1 is 0.403 bits per heavy atom. The Morgan fingerprint density at radius 3 is 1.23 bits per heavy atom. The maximum Gasteiger partial charge on any atom is 0.113 e. The molecule has 62 heavy (non-hydrogen) atoms. The van der Waals surface area contributed by atoms with Crippen LogP contribution in [0.15, 0.2) is 236 Å². The molecular formula is C54H40N8. The first-order chi connectivity index (χ1) is 30.6. The second-order valence-corrected chi connectivity index (χ2v) is 14.8. The summed E-state index contributed by atoms with van der Waals surface area (Å²) in [6.45, 7) is 0. The molecule has 8 heteroatoms. The molecule has 9 aromatic rings. The van der Waals surface area contributed by atoms with Gasteiger partial charge in [-0.15, -0.1) is 10.2 Å². The summed E-state index contributed by atoms with van der Waals surface area (Å²) < 4.78 is 0. The quantitative estimate of drug-likeness (QED) is 0.101. The maximum absolute atomic E-state index is 8.08. The van der Waals surface area contributed by atoms with Crippen molar-refractivity contribution in [2.24, 2.45) is 5.10 Å². The molecule has 1 aliphatic rings. The molecule has 0 spiro atoms. The summed E-state index contributed by atoms with van der Waals surface area (Å²) >= 11 is 0. The molecule has 1 aromatic heterocycles. The van der Waals surface area contributed by atoms with Gasteiger partial charge < -0.3 is 9.80 Å². The van der Waals surface area contributed by atoms with E-state index in [1.54, 1.807) is 10.9 Å². The van der Waals surface area contributed by atoms with Crippen LogP contribution in [0, 0.1) is 5.41 Å². The molecule has 0 amide bonds. The van der Waals surface area contributed by atoms with Crippen LogP contribution in [-0.4, -0.2) is 26.4 Å². The van der Waals surface area contributed by atoms with Crippen LogP contribution in [0.5, 0.6) is 0 Å². The molecule has 10 rings (SSSR count). The summed E-state index contributed by atoms with van der Waals surface area (Å²) in [5.74, 6) is 0. The molecule has 296 valence electrons. The van der Waals surface area contributed by atoms with Crippen LogP contribution >= 0.6 is 0 Å². The van der Waals surface area contributed by atoms with Gasteiger partial charge in [-0.25, -0.2) is 0 Å². The summed E-state index contributed by atoms with van der Waals surface area (Å²) in [6.07, 6.45) is 7.27. The third-order valence-corrected chi connectivity index (χ3v) is 10.8. The van der Waals surface area contributed by atoms with Gasteiger partial charge in [0.2, 0.25) is 0 Å². The number of para-hydroxylation sites is 2. The van der Waals surface area contributed by atoms with E-state index in [9.17, 15) is 0 Å². The van der Waals surface area contributed by atoms with E-state index in [-0.39, 0.29) is 0 Å². The van der Waals surface area contributed by atoms with Gasteiger partial charge in [0.25, 0.3) is 0 Å². The van der Waals surface area contributed by atoms with Crippen molar-refractivity contribution in [3.8, 4) is 27.9 Å².